The van der Waals surface area contributed by atoms with Gasteiger partial charge >= 0.3 is 5.97 Å². The number of hydrogen-bond acceptors (Lipinski definition) is 4. The standard InChI is InChI=1S/C15H14N2O3S/c1-9-4-3-5-12(14(9)15(19)20)17-13(18)7-6-11-8-21-10(2)16-11/h3-8H,1-2H3,(H,17,18)(H,19,20). The fourth-order valence-electron chi connectivity index (χ4n) is 1.85. The van der Waals surface area contributed by atoms with Crippen molar-refractivity contribution in [2.75, 3.05) is 5.32 Å². The van der Waals surface area contributed by atoms with Gasteiger partial charge in [-0.1, -0.05) is 12.1 Å². The lowest BCUT2D eigenvalue weighted by Gasteiger charge is -2.08. The summed E-state index contributed by atoms with van der Waals surface area (Å²) < 4.78 is 0. The van der Waals surface area contributed by atoms with Crippen molar-refractivity contribution in [2.45, 2.75) is 13.8 Å². The lowest BCUT2D eigenvalue weighted by molar-refractivity contribution is -0.111. The number of nitrogens with zero attached hydrogens (tertiary/aromatic N) is 1. The number of amides is 1. The Labute approximate surface area is 126 Å². The molecule has 2 aromatic rings. The average molecular weight is 302 g/mol. The highest BCUT2D eigenvalue weighted by Gasteiger charge is 2.13. The highest BCUT2D eigenvalue weighted by atomic mass is 32.1. The van der Waals surface area contributed by atoms with Gasteiger partial charge in [-0.2, -0.15) is 0 Å². The first kappa shape index (κ1) is 14.9. The minimum absolute atomic E-state index is 0.101. The molecule has 1 aromatic heterocycles. The van der Waals surface area contributed by atoms with E-state index in [4.69, 9.17) is 0 Å². The first-order valence-corrected chi connectivity index (χ1v) is 7.09. The first-order chi connectivity index (χ1) is 9.97. The monoisotopic (exact) mass is 302 g/mol. The van der Waals surface area contributed by atoms with E-state index in [1.807, 2.05) is 12.3 Å². The number of carboxylic acids is 1. The topological polar surface area (TPSA) is 79.3 Å². The Morgan fingerprint density at radius 1 is 1.33 bits per heavy atom. The number of benzene rings is 1. The second kappa shape index (κ2) is 6.32. The van der Waals surface area contributed by atoms with Crippen LogP contribution in [-0.2, 0) is 4.79 Å². The molecule has 1 heterocycles. The van der Waals surface area contributed by atoms with E-state index in [-0.39, 0.29) is 11.3 Å². The van der Waals surface area contributed by atoms with Gasteiger partial charge in [0, 0.05) is 11.5 Å². The molecule has 1 aromatic carbocycles. The maximum atomic E-state index is 11.9. The summed E-state index contributed by atoms with van der Waals surface area (Å²) in [5.41, 5.74) is 1.69. The van der Waals surface area contributed by atoms with E-state index in [0.717, 1.165) is 5.01 Å². The number of aromatic carboxylic acids is 1. The third kappa shape index (κ3) is 3.76. The van der Waals surface area contributed by atoms with Gasteiger partial charge in [-0.05, 0) is 31.6 Å². The highest BCUT2D eigenvalue weighted by molar-refractivity contribution is 7.09. The third-order valence-electron chi connectivity index (χ3n) is 2.79. The van der Waals surface area contributed by atoms with Crippen LogP contribution in [0.1, 0.15) is 26.6 Å². The molecule has 0 aliphatic carbocycles. The van der Waals surface area contributed by atoms with E-state index in [2.05, 4.69) is 10.3 Å². The average Bonchev–Trinajstić information content (AvgIpc) is 2.82. The zero-order valence-corrected chi connectivity index (χ0v) is 12.4. The number of rotatable bonds is 4. The number of anilines is 1. The zero-order chi connectivity index (χ0) is 15.4. The molecule has 2 rings (SSSR count). The molecule has 2 N–H and O–H groups in total. The van der Waals surface area contributed by atoms with E-state index >= 15 is 0 Å². The molecule has 1 amide bonds. The van der Waals surface area contributed by atoms with Crippen LogP contribution in [0.5, 0.6) is 0 Å². The molecule has 0 atom stereocenters. The molecule has 0 aliphatic heterocycles. The summed E-state index contributed by atoms with van der Waals surface area (Å²) in [4.78, 5) is 27.3. The summed E-state index contributed by atoms with van der Waals surface area (Å²) in [5.74, 6) is -1.46. The number of hydrogen-bond donors (Lipinski definition) is 2. The maximum Gasteiger partial charge on any atom is 0.338 e. The first-order valence-electron chi connectivity index (χ1n) is 6.21. The van der Waals surface area contributed by atoms with E-state index in [9.17, 15) is 14.7 Å². The number of thiazole rings is 1. The van der Waals surface area contributed by atoms with Gasteiger partial charge in [0.15, 0.2) is 0 Å². The molecule has 0 fully saturated rings. The fraction of sp³-hybridized carbons (Fsp3) is 0.133. The Morgan fingerprint density at radius 3 is 2.71 bits per heavy atom. The zero-order valence-electron chi connectivity index (χ0n) is 11.6. The molecule has 0 unspecified atom stereocenters. The van der Waals surface area contributed by atoms with Gasteiger partial charge in [0.25, 0.3) is 0 Å². The second-order valence-electron chi connectivity index (χ2n) is 4.42. The van der Waals surface area contributed by atoms with Crippen molar-refractivity contribution >= 4 is 35.0 Å². The molecule has 21 heavy (non-hydrogen) atoms. The van der Waals surface area contributed by atoms with Crippen molar-refractivity contribution in [3.05, 3.63) is 51.5 Å². The van der Waals surface area contributed by atoms with Gasteiger partial charge in [0.1, 0.15) is 0 Å². The van der Waals surface area contributed by atoms with Gasteiger partial charge < -0.3 is 10.4 Å². The molecule has 0 saturated heterocycles. The molecule has 6 heteroatoms. The number of nitrogens with one attached hydrogen (secondary N) is 1. The molecule has 0 aliphatic rings. The largest absolute Gasteiger partial charge is 0.478 e. The van der Waals surface area contributed by atoms with E-state index in [1.165, 1.54) is 17.4 Å². The number of carboxylic acid groups (broad SMARTS) is 1. The van der Waals surface area contributed by atoms with Crippen LogP contribution in [0.4, 0.5) is 5.69 Å². The number of carbonyl (C=O) groups is 2. The van der Waals surface area contributed by atoms with Crippen LogP contribution >= 0.6 is 11.3 Å². The Hall–Kier alpha value is -2.47. The van der Waals surface area contributed by atoms with Crippen molar-refractivity contribution in [2.24, 2.45) is 0 Å². The molecular weight excluding hydrogens is 288 g/mol. The van der Waals surface area contributed by atoms with Gasteiger partial charge in [-0.25, -0.2) is 9.78 Å². The van der Waals surface area contributed by atoms with Crippen molar-refractivity contribution in [3.8, 4) is 0 Å². The lowest BCUT2D eigenvalue weighted by atomic mass is 10.1. The van der Waals surface area contributed by atoms with Crippen molar-refractivity contribution < 1.29 is 14.7 Å². The Morgan fingerprint density at radius 2 is 2.10 bits per heavy atom. The highest BCUT2D eigenvalue weighted by Crippen LogP contribution is 2.19. The predicted octanol–water partition coefficient (Wildman–Crippen LogP) is 3.11. The normalized spacial score (nSPS) is 10.8. The van der Waals surface area contributed by atoms with Gasteiger partial charge in [0.05, 0.1) is 22.0 Å². The van der Waals surface area contributed by atoms with Crippen LogP contribution in [0.25, 0.3) is 6.08 Å². The smallest absolute Gasteiger partial charge is 0.338 e. The van der Waals surface area contributed by atoms with Gasteiger partial charge in [0.2, 0.25) is 5.91 Å². The summed E-state index contributed by atoms with van der Waals surface area (Å²) in [6.07, 6.45) is 2.93. The van der Waals surface area contributed by atoms with Crippen LogP contribution in [0.15, 0.2) is 29.7 Å². The summed E-state index contributed by atoms with van der Waals surface area (Å²) in [7, 11) is 0. The molecule has 0 spiro atoms. The molecule has 0 radical (unpaired) electrons. The van der Waals surface area contributed by atoms with Crippen molar-refractivity contribution in [3.63, 3.8) is 0 Å². The number of aryl methyl sites for hydroxylation is 2. The summed E-state index contributed by atoms with van der Waals surface area (Å²) in [6, 6.07) is 4.95. The van der Waals surface area contributed by atoms with E-state index in [1.54, 1.807) is 31.2 Å². The van der Waals surface area contributed by atoms with Crippen LogP contribution in [0.2, 0.25) is 0 Å². The van der Waals surface area contributed by atoms with Crippen molar-refractivity contribution in [1.29, 1.82) is 0 Å². The molecule has 0 bridgehead atoms. The molecular formula is C15H14N2O3S. The molecule has 108 valence electrons. The minimum atomic E-state index is -1.07. The van der Waals surface area contributed by atoms with E-state index < -0.39 is 11.9 Å². The number of carbonyl (C=O) groups excluding carboxylic acids is 1. The lowest BCUT2D eigenvalue weighted by Crippen LogP contribution is -2.13. The van der Waals surface area contributed by atoms with E-state index in [0.29, 0.717) is 11.3 Å². The Kier molecular flexibility index (Phi) is 4.49. The number of aromatic nitrogens is 1. The SMILES string of the molecule is Cc1nc(C=CC(=O)Nc2cccc(C)c2C(=O)O)cs1. The van der Waals surface area contributed by atoms with Crippen LogP contribution in [0.3, 0.4) is 0 Å². The minimum Gasteiger partial charge on any atom is -0.478 e. The van der Waals surface area contributed by atoms with Crippen LogP contribution < -0.4 is 5.32 Å². The fourth-order valence-corrected chi connectivity index (χ4v) is 2.43. The second-order valence-corrected chi connectivity index (χ2v) is 5.48. The molecule has 0 saturated carbocycles. The van der Waals surface area contributed by atoms with Crippen LogP contribution in [0, 0.1) is 13.8 Å². The quantitative estimate of drug-likeness (QED) is 0.850. The molecule has 5 nitrogen and oxygen atoms in total. The van der Waals surface area contributed by atoms with Gasteiger partial charge in [-0.15, -0.1) is 11.3 Å². The van der Waals surface area contributed by atoms with Gasteiger partial charge in [-0.3, -0.25) is 4.79 Å². The maximum absolute atomic E-state index is 11.9. The predicted molar refractivity (Wildman–Crippen MR) is 82.7 cm³/mol. The Balaban J connectivity index is 2.15. The third-order valence-corrected chi connectivity index (χ3v) is 3.58. The van der Waals surface area contributed by atoms with Crippen LogP contribution in [-0.4, -0.2) is 22.0 Å². The summed E-state index contributed by atoms with van der Waals surface area (Å²) >= 11 is 1.50. The van der Waals surface area contributed by atoms with Crippen molar-refractivity contribution in [1.82, 2.24) is 4.98 Å². The Bertz CT molecular complexity index is 719. The summed E-state index contributed by atoms with van der Waals surface area (Å²) in [6.45, 7) is 3.57. The summed E-state index contributed by atoms with van der Waals surface area (Å²) in [5, 5.41) is 14.5.